The first-order valence-electron chi connectivity index (χ1n) is 6.83. The summed E-state index contributed by atoms with van der Waals surface area (Å²) < 4.78 is 39.8. The summed E-state index contributed by atoms with van der Waals surface area (Å²) in [4.78, 5) is 7.48. The number of imidazole rings is 1. The van der Waals surface area contributed by atoms with Gasteiger partial charge in [-0.3, -0.25) is 4.98 Å². The Morgan fingerprint density at radius 1 is 1.23 bits per heavy atom. The second kappa shape index (κ2) is 7.60. The Kier molecular flexibility index (Phi) is 5.79. The number of nitrogens with one attached hydrogen (secondary N) is 1. The standard InChI is InChI=1S/C14H16ClF3N4/c15-3-1-4-19-6-7-22-9-12(21-10-22)11-2-5-20-13(8-11)14(16,17)18/h2,5,8-10,19H,1,3-4,6-7H2. The maximum atomic E-state index is 12.7. The van der Waals surface area contributed by atoms with Gasteiger partial charge in [0.2, 0.25) is 0 Å². The number of aromatic nitrogens is 3. The van der Waals surface area contributed by atoms with E-state index in [1.807, 2.05) is 4.57 Å². The Morgan fingerprint density at radius 2 is 2.05 bits per heavy atom. The predicted octanol–water partition coefficient (Wildman–Crippen LogP) is 3.18. The fourth-order valence-corrected chi connectivity index (χ4v) is 2.03. The normalized spacial score (nSPS) is 11.8. The van der Waals surface area contributed by atoms with Crippen LogP contribution >= 0.6 is 11.6 Å². The molecule has 2 aromatic heterocycles. The highest BCUT2D eigenvalue weighted by atomic mass is 35.5. The van der Waals surface area contributed by atoms with Crippen molar-refractivity contribution in [1.29, 1.82) is 0 Å². The van der Waals surface area contributed by atoms with Gasteiger partial charge in [0.05, 0.1) is 12.0 Å². The van der Waals surface area contributed by atoms with Crippen molar-refractivity contribution in [1.82, 2.24) is 19.9 Å². The summed E-state index contributed by atoms with van der Waals surface area (Å²) in [5, 5.41) is 3.22. The summed E-state index contributed by atoms with van der Waals surface area (Å²) in [7, 11) is 0. The summed E-state index contributed by atoms with van der Waals surface area (Å²) in [5.74, 6) is 0.617. The summed E-state index contributed by atoms with van der Waals surface area (Å²) in [6.07, 6.45) is 0.911. The van der Waals surface area contributed by atoms with Crippen LogP contribution in [0.1, 0.15) is 12.1 Å². The van der Waals surface area contributed by atoms with Gasteiger partial charge in [-0.15, -0.1) is 11.6 Å². The van der Waals surface area contributed by atoms with Crippen molar-refractivity contribution in [2.75, 3.05) is 19.0 Å². The van der Waals surface area contributed by atoms with E-state index in [4.69, 9.17) is 11.6 Å². The SMILES string of the molecule is FC(F)(F)c1cc(-c2cn(CCNCCCCl)cn2)ccn1. The number of pyridine rings is 1. The van der Waals surface area contributed by atoms with Gasteiger partial charge >= 0.3 is 6.18 Å². The van der Waals surface area contributed by atoms with Crippen molar-refractivity contribution >= 4 is 11.6 Å². The molecule has 0 fully saturated rings. The van der Waals surface area contributed by atoms with E-state index in [9.17, 15) is 13.2 Å². The van der Waals surface area contributed by atoms with Crippen LogP contribution in [-0.4, -0.2) is 33.5 Å². The Bertz CT molecular complexity index is 598. The molecule has 8 heteroatoms. The molecule has 2 aromatic rings. The van der Waals surface area contributed by atoms with E-state index < -0.39 is 11.9 Å². The molecule has 0 bridgehead atoms. The molecule has 0 radical (unpaired) electrons. The third-order valence-electron chi connectivity index (χ3n) is 3.01. The molecule has 1 N–H and O–H groups in total. The van der Waals surface area contributed by atoms with Gasteiger partial charge in [0.15, 0.2) is 0 Å². The quantitative estimate of drug-likeness (QED) is 0.625. The smallest absolute Gasteiger partial charge is 0.336 e. The van der Waals surface area contributed by atoms with E-state index >= 15 is 0 Å². The van der Waals surface area contributed by atoms with E-state index in [1.54, 1.807) is 12.5 Å². The van der Waals surface area contributed by atoms with E-state index in [0.29, 0.717) is 23.7 Å². The zero-order valence-electron chi connectivity index (χ0n) is 11.8. The summed E-state index contributed by atoms with van der Waals surface area (Å²) >= 11 is 5.57. The topological polar surface area (TPSA) is 42.7 Å². The molecule has 0 spiro atoms. The Labute approximate surface area is 131 Å². The summed E-state index contributed by atoms with van der Waals surface area (Å²) in [6, 6.07) is 2.52. The van der Waals surface area contributed by atoms with Crippen LogP contribution in [-0.2, 0) is 12.7 Å². The van der Waals surface area contributed by atoms with Gasteiger partial charge in [-0.2, -0.15) is 13.2 Å². The van der Waals surface area contributed by atoms with Crippen molar-refractivity contribution in [3.05, 3.63) is 36.5 Å². The molecule has 2 heterocycles. The van der Waals surface area contributed by atoms with Crippen molar-refractivity contribution < 1.29 is 13.2 Å². The van der Waals surface area contributed by atoms with Gasteiger partial charge in [0, 0.05) is 36.9 Å². The number of rotatable bonds is 7. The lowest BCUT2D eigenvalue weighted by molar-refractivity contribution is -0.141. The van der Waals surface area contributed by atoms with Gasteiger partial charge in [-0.05, 0) is 25.1 Å². The average Bonchev–Trinajstić information content (AvgIpc) is 2.95. The number of halogens is 4. The largest absolute Gasteiger partial charge is 0.433 e. The molecule has 4 nitrogen and oxygen atoms in total. The molecule has 0 saturated heterocycles. The minimum atomic E-state index is -4.45. The molecule has 0 unspecified atom stereocenters. The van der Waals surface area contributed by atoms with Crippen molar-refractivity contribution in [3.63, 3.8) is 0 Å². The molecular weight excluding hydrogens is 317 g/mol. The molecule has 0 amide bonds. The minimum Gasteiger partial charge on any atom is -0.336 e. The van der Waals surface area contributed by atoms with E-state index in [1.165, 1.54) is 6.07 Å². The van der Waals surface area contributed by atoms with Crippen LogP contribution in [0.15, 0.2) is 30.9 Å². The van der Waals surface area contributed by atoms with Crippen molar-refractivity contribution in [3.8, 4) is 11.3 Å². The molecule has 0 aliphatic heterocycles. The molecule has 120 valence electrons. The Morgan fingerprint density at radius 3 is 2.77 bits per heavy atom. The van der Waals surface area contributed by atoms with Crippen LogP contribution in [0.2, 0.25) is 0 Å². The van der Waals surface area contributed by atoms with Crippen molar-refractivity contribution in [2.45, 2.75) is 19.1 Å². The first kappa shape index (κ1) is 16.8. The molecule has 0 atom stereocenters. The van der Waals surface area contributed by atoms with E-state index in [0.717, 1.165) is 31.8 Å². The fourth-order valence-electron chi connectivity index (χ4n) is 1.90. The van der Waals surface area contributed by atoms with Crippen LogP contribution < -0.4 is 5.32 Å². The first-order chi connectivity index (χ1) is 10.5. The van der Waals surface area contributed by atoms with Gasteiger partial charge in [0.1, 0.15) is 5.69 Å². The van der Waals surface area contributed by atoms with Gasteiger partial charge in [-0.25, -0.2) is 4.98 Å². The van der Waals surface area contributed by atoms with Crippen LogP contribution in [0, 0.1) is 0 Å². The number of alkyl halides is 4. The monoisotopic (exact) mass is 332 g/mol. The zero-order valence-corrected chi connectivity index (χ0v) is 12.5. The first-order valence-corrected chi connectivity index (χ1v) is 7.36. The molecule has 0 aromatic carbocycles. The van der Waals surface area contributed by atoms with Gasteiger partial charge in [-0.1, -0.05) is 0 Å². The van der Waals surface area contributed by atoms with Gasteiger partial charge < -0.3 is 9.88 Å². The van der Waals surface area contributed by atoms with Crippen LogP contribution in [0.3, 0.4) is 0 Å². The molecule has 0 aliphatic rings. The van der Waals surface area contributed by atoms with Crippen LogP contribution in [0.4, 0.5) is 13.2 Å². The third kappa shape index (κ3) is 4.71. The number of hydrogen-bond acceptors (Lipinski definition) is 3. The lowest BCUT2D eigenvalue weighted by Crippen LogP contribution is -2.20. The summed E-state index contributed by atoms with van der Waals surface area (Å²) in [5.41, 5.74) is -0.0212. The number of hydrogen-bond donors (Lipinski definition) is 1. The van der Waals surface area contributed by atoms with Crippen LogP contribution in [0.25, 0.3) is 11.3 Å². The van der Waals surface area contributed by atoms with E-state index in [2.05, 4.69) is 15.3 Å². The Balaban J connectivity index is 1.99. The third-order valence-corrected chi connectivity index (χ3v) is 3.28. The lowest BCUT2D eigenvalue weighted by Gasteiger charge is -2.06. The highest BCUT2D eigenvalue weighted by molar-refractivity contribution is 6.17. The van der Waals surface area contributed by atoms with Crippen LogP contribution in [0.5, 0.6) is 0 Å². The molecule has 0 saturated carbocycles. The molecule has 0 aliphatic carbocycles. The molecular formula is C14H16ClF3N4. The average molecular weight is 333 g/mol. The Hall–Kier alpha value is -1.60. The van der Waals surface area contributed by atoms with E-state index in [-0.39, 0.29) is 0 Å². The number of nitrogens with zero attached hydrogens (tertiary/aromatic N) is 3. The second-order valence-corrected chi connectivity index (χ2v) is 5.09. The highest BCUT2D eigenvalue weighted by Crippen LogP contribution is 2.29. The molecule has 22 heavy (non-hydrogen) atoms. The maximum absolute atomic E-state index is 12.7. The lowest BCUT2D eigenvalue weighted by atomic mass is 10.2. The fraction of sp³-hybridized carbons (Fsp3) is 0.429. The molecule has 2 rings (SSSR count). The second-order valence-electron chi connectivity index (χ2n) is 4.72. The minimum absolute atomic E-state index is 0.399. The van der Waals surface area contributed by atoms with Crippen molar-refractivity contribution in [2.24, 2.45) is 0 Å². The van der Waals surface area contributed by atoms with Gasteiger partial charge in [0.25, 0.3) is 0 Å². The maximum Gasteiger partial charge on any atom is 0.433 e. The predicted molar refractivity (Wildman–Crippen MR) is 78.7 cm³/mol. The zero-order chi connectivity index (χ0) is 16.0. The highest BCUT2D eigenvalue weighted by Gasteiger charge is 2.32. The summed E-state index contributed by atoms with van der Waals surface area (Å²) in [6.45, 7) is 2.27.